The fraction of sp³-hybridized carbons (Fsp3) is 0.0400. The maximum absolute atomic E-state index is 6.64. The fourth-order valence-corrected chi connectivity index (χ4v) is 11.4. The number of aromatic nitrogens is 4. The topological polar surface area (TPSA) is 48.1 Å². The van der Waals surface area contributed by atoms with Crippen molar-refractivity contribution in [2.45, 2.75) is 13.1 Å². The van der Waals surface area contributed by atoms with Crippen molar-refractivity contribution in [1.29, 1.82) is 0 Å². The Morgan fingerprint density at radius 3 is 2.14 bits per heavy atom. The minimum absolute atomic E-state index is 0. The van der Waals surface area contributed by atoms with Gasteiger partial charge in [-0.25, -0.2) is 4.98 Å². The van der Waals surface area contributed by atoms with Gasteiger partial charge in [0.25, 0.3) is 0 Å². The minimum atomic E-state index is -2.24. The molecule has 0 amide bonds. The molecule has 7 aromatic carbocycles. The Hall–Kier alpha value is -6.53. The average Bonchev–Trinajstić information content (AvgIpc) is 3.81. The number of nitrogens with zero attached hydrogens (tertiary/aromatic N) is 5. The maximum Gasteiger partial charge on any atom is 2.00 e. The quantitative estimate of drug-likeness (QED) is 0.118. The number of para-hydroxylation sites is 4. The second-order valence-electron chi connectivity index (χ2n) is 14.9. The van der Waals surface area contributed by atoms with E-state index in [0.29, 0.717) is 11.5 Å². The third-order valence-electron chi connectivity index (χ3n) is 11.2. The van der Waals surface area contributed by atoms with Crippen molar-refractivity contribution in [3.05, 3.63) is 188 Å². The zero-order valence-corrected chi connectivity index (χ0v) is 35.0. The summed E-state index contributed by atoms with van der Waals surface area (Å²) in [6, 6.07) is 66.3. The van der Waals surface area contributed by atoms with E-state index in [4.69, 9.17) is 14.7 Å². The summed E-state index contributed by atoms with van der Waals surface area (Å²) in [5.41, 5.74) is 10.4. The molecule has 0 atom stereocenters. The molecule has 280 valence electrons. The second-order valence-corrected chi connectivity index (χ2v) is 19.0. The normalized spacial score (nSPS) is 12.1. The molecule has 0 N–H and O–H groups in total. The molecule has 4 heterocycles. The molecule has 6 nitrogen and oxygen atoms in total. The largest absolute Gasteiger partial charge is 2.00 e. The van der Waals surface area contributed by atoms with Gasteiger partial charge in [-0.2, -0.15) is 6.07 Å². The summed E-state index contributed by atoms with van der Waals surface area (Å²) in [6.07, 6.45) is 1.88. The third-order valence-corrected chi connectivity index (χ3v) is 14.5. The molecule has 0 unspecified atom stereocenters. The predicted molar refractivity (Wildman–Crippen MR) is 234 cm³/mol. The van der Waals surface area contributed by atoms with Gasteiger partial charge < -0.3 is 18.4 Å². The number of imidazole rings is 1. The van der Waals surface area contributed by atoms with Crippen molar-refractivity contribution in [1.82, 2.24) is 19.1 Å². The first-order chi connectivity index (χ1) is 28.0. The molecule has 1 aliphatic heterocycles. The van der Waals surface area contributed by atoms with E-state index in [-0.39, 0.29) is 21.1 Å². The molecule has 0 aliphatic carbocycles. The zero-order valence-electron chi connectivity index (χ0n) is 31.7. The number of anilines is 2. The number of hydrogen-bond donors (Lipinski definition) is 0. The van der Waals surface area contributed by atoms with Gasteiger partial charge in [0.15, 0.2) is 14.1 Å². The SMILES string of the molecule is C[Si](C)(c1ccccc1)N1c2cccnc2-n2c3[c-]c(Oc4[c-]c(-c5nc6ccccc6n5-c5ccccc5-c5ccccc5)ccc4)ccc3c3cccc1c32.[Pt+2]. The van der Waals surface area contributed by atoms with E-state index in [2.05, 4.69) is 166 Å². The molecule has 0 saturated carbocycles. The van der Waals surface area contributed by atoms with Crippen molar-refractivity contribution in [2.75, 3.05) is 4.57 Å². The Kier molecular flexibility index (Phi) is 8.74. The van der Waals surface area contributed by atoms with Crippen LogP contribution in [-0.2, 0) is 21.1 Å². The Bertz CT molecular complexity index is 3160. The van der Waals surface area contributed by atoms with Crippen LogP contribution in [0.2, 0.25) is 13.1 Å². The first kappa shape index (κ1) is 35.8. The van der Waals surface area contributed by atoms with Crippen LogP contribution in [0.3, 0.4) is 0 Å². The Labute approximate surface area is 352 Å². The Morgan fingerprint density at radius 2 is 1.28 bits per heavy atom. The van der Waals surface area contributed by atoms with Crippen molar-refractivity contribution < 1.29 is 25.8 Å². The van der Waals surface area contributed by atoms with Gasteiger partial charge in [-0.05, 0) is 65.6 Å². The standard InChI is InChI=1S/C50H35N5OSi.Pt/c1-57(2,38-20-7-4-8-21-38)55-45-27-14-23-41-40-30-29-37(33-47(40)54(48(41)45)50-46(55)28-15-31-51-50)56-36-19-13-18-35(32-36)49-52-42-24-10-12-26-44(42)53(49)43-25-11-9-22-39(43)34-16-5-3-6-17-34;/h3-31H,1-2H3;/q-2;+2. The van der Waals surface area contributed by atoms with Crippen molar-refractivity contribution >= 4 is 57.6 Å². The van der Waals surface area contributed by atoms with Gasteiger partial charge in [-0.1, -0.05) is 115 Å². The van der Waals surface area contributed by atoms with Crippen molar-refractivity contribution in [3.8, 4) is 45.5 Å². The van der Waals surface area contributed by atoms with Crippen LogP contribution in [0.1, 0.15) is 0 Å². The molecule has 0 bridgehead atoms. The van der Waals surface area contributed by atoms with Gasteiger partial charge in [0, 0.05) is 28.9 Å². The zero-order chi connectivity index (χ0) is 38.1. The van der Waals surface area contributed by atoms with Crippen LogP contribution in [0.15, 0.2) is 176 Å². The Balaban J connectivity index is 0.00000408. The predicted octanol–water partition coefficient (Wildman–Crippen LogP) is 11.8. The fourth-order valence-electron chi connectivity index (χ4n) is 8.58. The number of rotatable bonds is 7. The van der Waals surface area contributed by atoms with Crippen LogP contribution in [0.5, 0.6) is 11.5 Å². The van der Waals surface area contributed by atoms with Gasteiger partial charge in [0.2, 0.25) is 0 Å². The molecule has 1 aliphatic rings. The number of fused-ring (bicyclic) bond motifs is 6. The third kappa shape index (κ3) is 5.65. The Morgan fingerprint density at radius 1 is 0.569 bits per heavy atom. The monoisotopic (exact) mass is 944 g/mol. The molecule has 58 heavy (non-hydrogen) atoms. The minimum Gasteiger partial charge on any atom is -0.503 e. The average molecular weight is 945 g/mol. The summed E-state index contributed by atoms with van der Waals surface area (Å²) in [7, 11) is -2.24. The summed E-state index contributed by atoms with van der Waals surface area (Å²) >= 11 is 0. The van der Waals surface area contributed by atoms with Crippen LogP contribution in [0.25, 0.3) is 66.9 Å². The maximum atomic E-state index is 6.64. The molecule has 3 aromatic heterocycles. The van der Waals surface area contributed by atoms with Crippen molar-refractivity contribution in [2.24, 2.45) is 0 Å². The summed E-state index contributed by atoms with van der Waals surface area (Å²) < 4.78 is 13.7. The molecule has 0 saturated heterocycles. The van der Waals surface area contributed by atoms with E-state index in [0.717, 1.165) is 72.5 Å². The van der Waals surface area contributed by atoms with Gasteiger partial charge in [0.1, 0.15) is 0 Å². The van der Waals surface area contributed by atoms with Crippen LogP contribution in [0.4, 0.5) is 11.4 Å². The molecular formula is C50H35N5OPtSi. The van der Waals surface area contributed by atoms with E-state index in [1.165, 1.54) is 10.9 Å². The molecule has 8 heteroatoms. The molecule has 0 radical (unpaired) electrons. The van der Waals surface area contributed by atoms with E-state index < -0.39 is 8.24 Å². The van der Waals surface area contributed by atoms with E-state index in [1.54, 1.807) is 0 Å². The number of hydrogen-bond acceptors (Lipinski definition) is 4. The number of ether oxygens (including phenoxy) is 1. The molecule has 0 spiro atoms. The summed E-state index contributed by atoms with van der Waals surface area (Å²) in [4.78, 5) is 10.2. The molecule has 0 fully saturated rings. The molecular weight excluding hydrogens is 910 g/mol. The number of benzene rings is 7. The van der Waals surface area contributed by atoms with E-state index >= 15 is 0 Å². The van der Waals surface area contributed by atoms with Crippen LogP contribution in [0, 0.1) is 12.1 Å². The molecule has 11 rings (SSSR count). The summed E-state index contributed by atoms with van der Waals surface area (Å²) in [5.74, 6) is 2.85. The second kappa shape index (κ2) is 14.1. The van der Waals surface area contributed by atoms with E-state index in [9.17, 15) is 0 Å². The van der Waals surface area contributed by atoms with Crippen LogP contribution in [-0.4, -0.2) is 27.3 Å². The van der Waals surface area contributed by atoms with Gasteiger partial charge in [-0.15, -0.1) is 41.3 Å². The molecule has 10 aromatic rings. The first-order valence-corrected chi connectivity index (χ1v) is 22.1. The smallest absolute Gasteiger partial charge is 0.503 e. The number of pyridine rings is 1. The first-order valence-electron chi connectivity index (χ1n) is 19.2. The van der Waals surface area contributed by atoms with E-state index in [1.807, 2.05) is 48.7 Å². The van der Waals surface area contributed by atoms with Crippen molar-refractivity contribution in [3.63, 3.8) is 0 Å². The van der Waals surface area contributed by atoms with Crippen LogP contribution < -0.4 is 14.5 Å². The van der Waals surface area contributed by atoms with Gasteiger partial charge in [0.05, 0.1) is 33.7 Å². The summed E-state index contributed by atoms with van der Waals surface area (Å²) in [5, 5.41) is 3.62. The van der Waals surface area contributed by atoms with Gasteiger partial charge >= 0.3 is 21.1 Å². The van der Waals surface area contributed by atoms with Crippen LogP contribution >= 0.6 is 0 Å². The van der Waals surface area contributed by atoms with Gasteiger partial charge in [-0.3, -0.25) is 4.98 Å². The summed E-state index contributed by atoms with van der Waals surface area (Å²) in [6.45, 7) is 4.83.